The summed E-state index contributed by atoms with van der Waals surface area (Å²) >= 11 is 0. The smallest absolute Gasteiger partial charge is 0.308 e. The van der Waals surface area contributed by atoms with Crippen LogP contribution in [0.25, 0.3) is 0 Å². The van der Waals surface area contributed by atoms with Gasteiger partial charge in [0.05, 0.1) is 47.3 Å². The Bertz CT molecular complexity index is 1080. The molecule has 0 saturated carbocycles. The molecule has 230 valence electrons. The number of aliphatic carboxylic acids is 1. The zero-order valence-corrected chi connectivity index (χ0v) is 26.4. The summed E-state index contributed by atoms with van der Waals surface area (Å²) in [7, 11) is 8.06. The maximum atomic E-state index is 13.8. The number of hydrogen-bond acceptors (Lipinski definition) is 6. The van der Waals surface area contributed by atoms with E-state index in [-0.39, 0.29) is 36.6 Å². The van der Waals surface area contributed by atoms with Crippen molar-refractivity contribution in [2.45, 2.75) is 65.3 Å². The quantitative estimate of drug-likeness (QED) is 0.242. The van der Waals surface area contributed by atoms with E-state index in [2.05, 4.69) is 52.9 Å². The van der Waals surface area contributed by atoms with E-state index in [9.17, 15) is 14.7 Å². The molecule has 3 rings (SSSR count). The SMILES string of the molecule is CC=CC(C)(C)C[C@H]1C(C(=O)O)[C@@H](c2cc(OC)c3c(c2)OCO3)CN1CC(=O)N(CCCC)CCC[N+](C)(C)C. The van der Waals surface area contributed by atoms with Gasteiger partial charge in [-0.3, -0.25) is 14.5 Å². The van der Waals surface area contributed by atoms with Gasteiger partial charge in [0, 0.05) is 38.0 Å². The highest BCUT2D eigenvalue weighted by atomic mass is 16.7. The van der Waals surface area contributed by atoms with Gasteiger partial charge in [0.2, 0.25) is 18.4 Å². The Kier molecular flexibility index (Phi) is 11.1. The summed E-state index contributed by atoms with van der Waals surface area (Å²) < 4.78 is 17.7. The van der Waals surface area contributed by atoms with Crippen LogP contribution in [0.5, 0.6) is 17.2 Å². The third-order valence-corrected chi connectivity index (χ3v) is 8.22. The van der Waals surface area contributed by atoms with Gasteiger partial charge >= 0.3 is 5.97 Å². The molecule has 2 aliphatic heterocycles. The predicted molar refractivity (Wildman–Crippen MR) is 161 cm³/mol. The highest BCUT2D eigenvalue weighted by Crippen LogP contribution is 2.48. The molecule has 1 N–H and O–H groups in total. The Balaban J connectivity index is 1.94. The summed E-state index contributed by atoms with van der Waals surface area (Å²) in [6.45, 7) is 11.5. The number of allylic oxidation sites excluding steroid dienone is 2. The van der Waals surface area contributed by atoms with Gasteiger partial charge in [0.1, 0.15) is 0 Å². The fraction of sp³-hybridized carbons (Fsp3) is 0.688. The molecule has 3 atom stereocenters. The number of nitrogens with zero attached hydrogens (tertiary/aromatic N) is 3. The first-order valence-corrected chi connectivity index (χ1v) is 15.0. The number of rotatable bonds is 15. The van der Waals surface area contributed by atoms with Crippen LogP contribution in [0.15, 0.2) is 24.3 Å². The van der Waals surface area contributed by atoms with Crippen molar-refractivity contribution in [1.29, 1.82) is 0 Å². The minimum Gasteiger partial charge on any atom is -0.493 e. The number of unbranched alkanes of at least 4 members (excludes halogenated alkanes) is 1. The molecule has 2 heterocycles. The van der Waals surface area contributed by atoms with Crippen molar-refractivity contribution in [3.05, 3.63) is 29.8 Å². The zero-order valence-electron chi connectivity index (χ0n) is 26.4. The highest BCUT2D eigenvalue weighted by molar-refractivity contribution is 5.79. The standard InChI is InChI=1S/C32H51N3O6/c1-9-11-14-33(15-12-16-35(5,6)7)28(36)21-34-20-24(23-17-26(39-8)30-27(18-23)40-22-41-30)29(31(37)38)25(34)19-32(3,4)13-10-2/h10,13,17-18,24-25,29H,9,11-12,14-16,19-22H2,1-8H3/p+1/t24-,25+,29?/m1/s1. The number of fused-ring (bicyclic) bond motifs is 1. The molecule has 0 aliphatic carbocycles. The van der Waals surface area contributed by atoms with E-state index >= 15 is 0 Å². The Labute approximate surface area is 246 Å². The summed E-state index contributed by atoms with van der Waals surface area (Å²) in [5.74, 6) is -0.180. The number of carboxylic acids is 1. The van der Waals surface area contributed by atoms with Crippen LogP contribution in [0.3, 0.4) is 0 Å². The number of likely N-dealkylation sites (tertiary alicyclic amines) is 1. The summed E-state index contributed by atoms with van der Waals surface area (Å²) in [5, 5.41) is 10.6. The lowest BCUT2D eigenvalue weighted by molar-refractivity contribution is -0.870. The van der Waals surface area contributed by atoms with Crippen LogP contribution in [0.4, 0.5) is 0 Å². The molecule has 1 fully saturated rings. The molecular weight excluding hydrogens is 522 g/mol. The summed E-state index contributed by atoms with van der Waals surface area (Å²) in [6.07, 6.45) is 7.65. The van der Waals surface area contributed by atoms with Crippen molar-refractivity contribution in [1.82, 2.24) is 9.80 Å². The van der Waals surface area contributed by atoms with Gasteiger partial charge in [-0.1, -0.05) is 39.3 Å². The molecule has 1 aromatic rings. The Hall–Kier alpha value is -2.78. The number of amides is 1. The largest absolute Gasteiger partial charge is 0.493 e. The second-order valence-electron chi connectivity index (χ2n) is 13.2. The van der Waals surface area contributed by atoms with Crippen molar-refractivity contribution in [2.75, 3.05) is 67.8 Å². The zero-order chi connectivity index (χ0) is 30.4. The summed E-state index contributed by atoms with van der Waals surface area (Å²) in [4.78, 5) is 30.9. The van der Waals surface area contributed by atoms with E-state index in [1.165, 1.54) is 0 Å². The van der Waals surface area contributed by atoms with Gasteiger partial charge in [-0.2, -0.15) is 0 Å². The second kappa shape index (κ2) is 13.9. The molecule has 1 unspecified atom stereocenters. The summed E-state index contributed by atoms with van der Waals surface area (Å²) in [5.41, 5.74) is 0.593. The topological polar surface area (TPSA) is 88.5 Å². The summed E-state index contributed by atoms with van der Waals surface area (Å²) in [6, 6.07) is 3.43. The Morgan fingerprint density at radius 2 is 1.90 bits per heavy atom. The van der Waals surface area contributed by atoms with E-state index in [0.717, 1.165) is 42.4 Å². The number of quaternary nitrogens is 1. The van der Waals surface area contributed by atoms with E-state index in [4.69, 9.17) is 14.2 Å². The van der Waals surface area contributed by atoms with E-state index < -0.39 is 11.9 Å². The van der Waals surface area contributed by atoms with E-state index in [1.54, 1.807) is 7.11 Å². The van der Waals surface area contributed by atoms with Crippen LogP contribution in [-0.4, -0.2) is 105 Å². The molecule has 0 aromatic heterocycles. The van der Waals surface area contributed by atoms with Crippen molar-refractivity contribution < 1.29 is 33.4 Å². The monoisotopic (exact) mass is 574 g/mol. The third-order valence-electron chi connectivity index (χ3n) is 8.22. The maximum Gasteiger partial charge on any atom is 0.308 e. The molecule has 1 saturated heterocycles. The number of carboxylic acid groups (broad SMARTS) is 1. The van der Waals surface area contributed by atoms with Crippen molar-refractivity contribution in [2.24, 2.45) is 11.3 Å². The molecule has 9 heteroatoms. The maximum absolute atomic E-state index is 13.8. The molecule has 0 radical (unpaired) electrons. The molecule has 41 heavy (non-hydrogen) atoms. The fourth-order valence-electron chi connectivity index (χ4n) is 6.23. The van der Waals surface area contributed by atoms with Crippen molar-refractivity contribution in [3.8, 4) is 17.2 Å². The van der Waals surface area contributed by atoms with Gasteiger partial charge < -0.3 is 28.7 Å². The van der Waals surface area contributed by atoms with Crippen LogP contribution in [0.1, 0.15) is 64.9 Å². The normalized spacial score (nSPS) is 21.0. The lowest BCUT2D eigenvalue weighted by atomic mass is 9.77. The number of benzene rings is 1. The number of carbonyl (C=O) groups excluding carboxylic acids is 1. The van der Waals surface area contributed by atoms with E-state index in [0.29, 0.717) is 36.8 Å². The van der Waals surface area contributed by atoms with Crippen LogP contribution in [-0.2, 0) is 9.59 Å². The predicted octanol–water partition coefficient (Wildman–Crippen LogP) is 4.61. The minimum absolute atomic E-state index is 0.0711. The van der Waals surface area contributed by atoms with Crippen LogP contribution < -0.4 is 14.2 Å². The Morgan fingerprint density at radius 1 is 1.20 bits per heavy atom. The first kappa shape index (κ1) is 32.7. The molecule has 2 aliphatic rings. The molecule has 1 amide bonds. The fourth-order valence-corrected chi connectivity index (χ4v) is 6.23. The Morgan fingerprint density at radius 3 is 2.51 bits per heavy atom. The molecule has 0 bridgehead atoms. The van der Waals surface area contributed by atoms with E-state index in [1.807, 2.05) is 30.0 Å². The van der Waals surface area contributed by atoms with Gasteiger partial charge in [-0.15, -0.1) is 0 Å². The average molecular weight is 575 g/mol. The van der Waals surface area contributed by atoms with Gasteiger partial charge in [-0.25, -0.2) is 0 Å². The minimum atomic E-state index is -0.853. The first-order valence-electron chi connectivity index (χ1n) is 15.0. The van der Waals surface area contributed by atoms with Crippen molar-refractivity contribution in [3.63, 3.8) is 0 Å². The number of hydrogen-bond donors (Lipinski definition) is 1. The van der Waals surface area contributed by atoms with Gasteiger partial charge in [0.25, 0.3) is 0 Å². The average Bonchev–Trinajstić information content (AvgIpc) is 3.49. The number of ether oxygens (including phenoxy) is 3. The van der Waals surface area contributed by atoms with Crippen molar-refractivity contribution >= 4 is 11.9 Å². The molecular formula is C32H52N3O6+. The second-order valence-corrected chi connectivity index (χ2v) is 13.2. The highest BCUT2D eigenvalue weighted by Gasteiger charge is 2.49. The van der Waals surface area contributed by atoms with Gasteiger partial charge in [-0.05, 0) is 42.9 Å². The van der Waals surface area contributed by atoms with Crippen LogP contribution in [0, 0.1) is 11.3 Å². The number of carbonyl (C=O) groups is 2. The van der Waals surface area contributed by atoms with Gasteiger partial charge in [0.15, 0.2) is 11.5 Å². The molecule has 1 aromatic carbocycles. The van der Waals surface area contributed by atoms with Crippen LogP contribution in [0.2, 0.25) is 0 Å². The first-order chi connectivity index (χ1) is 19.3. The lowest BCUT2D eigenvalue weighted by Gasteiger charge is -2.34. The third kappa shape index (κ3) is 8.61. The molecule has 0 spiro atoms. The molecule has 9 nitrogen and oxygen atoms in total. The lowest BCUT2D eigenvalue weighted by Crippen LogP contribution is -2.46. The number of methoxy groups -OCH3 is 1. The van der Waals surface area contributed by atoms with Crippen LogP contribution >= 0.6 is 0 Å².